The lowest BCUT2D eigenvalue weighted by Crippen LogP contribution is -2.28. The van der Waals surface area contributed by atoms with Gasteiger partial charge in [0.1, 0.15) is 6.33 Å². The summed E-state index contributed by atoms with van der Waals surface area (Å²) in [5, 5.41) is 14.8. The summed E-state index contributed by atoms with van der Waals surface area (Å²) >= 11 is 1.35. The fourth-order valence-electron chi connectivity index (χ4n) is 3.32. The molecule has 0 aliphatic heterocycles. The number of nitrogens with zero attached hydrogens (tertiary/aromatic N) is 3. The summed E-state index contributed by atoms with van der Waals surface area (Å²) in [6.45, 7) is 6.08. The molecule has 32 heavy (non-hydrogen) atoms. The van der Waals surface area contributed by atoms with E-state index in [0.717, 1.165) is 29.8 Å². The van der Waals surface area contributed by atoms with Crippen molar-refractivity contribution in [1.82, 2.24) is 20.1 Å². The monoisotopic (exact) mass is 449 g/mol. The average Bonchev–Trinajstić information content (AvgIpc) is 3.53. The largest absolute Gasteiger partial charge is 0.349 e. The standard InChI is InChI=1S/C24H27N5O2S/c1-15-4-11-21(12-16(15)2)29-14-25-28-24(29)32-13-22(30)26-17(3)18-7-9-20(10-8-18)27-23(31)19-5-6-19/h4,7-12,14,17,19H,5-6,13H2,1-3H3,(H,26,30)(H,27,31). The van der Waals surface area contributed by atoms with Crippen LogP contribution in [0.5, 0.6) is 0 Å². The number of hydrogen-bond acceptors (Lipinski definition) is 5. The molecule has 1 aromatic heterocycles. The van der Waals surface area contributed by atoms with E-state index in [1.54, 1.807) is 6.33 Å². The third-order valence-corrected chi connectivity index (χ3v) is 6.56. The average molecular weight is 450 g/mol. The molecule has 1 aliphatic carbocycles. The molecule has 3 aromatic rings. The summed E-state index contributed by atoms with van der Waals surface area (Å²) in [6.07, 6.45) is 3.62. The molecule has 0 saturated heterocycles. The second-order valence-corrected chi connectivity index (χ2v) is 9.16. The number of anilines is 1. The fraction of sp³-hybridized carbons (Fsp3) is 0.333. The Morgan fingerprint density at radius 2 is 1.88 bits per heavy atom. The summed E-state index contributed by atoms with van der Waals surface area (Å²) in [5.74, 6) is 0.419. The zero-order valence-corrected chi connectivity index (χ0v) is 19.3. The van der Waals surface area contributed by atoms with E-state index in [4.69, 9.17) is 0 Å². The Bertz CT molecular complexity index is 1120. The highest BCUT2D eigenvalue weighted by molar-refractivity contribution is 7.99. The number of carbonyl (C=O) groups excluding carboxylic acids is 2. The van der Waals surface area contributed by atoms with Crippen LogP contribution in [-0.4, -0.2) is 32.3 Å². The molecule has 7 nitrogen and oxygen atoms in total. The van der Waals surface area contributed by atoms with Crippen LogP contribution < -0.4 is 10.6 Å². The second-order valence-electron chi connectivity index (χ2n) is 8.22. The first-order chi connectivity index (χ1) is 15.4. The molecule has 2 aromatic carbocycles. The van der Waals surface area contributed by atoms with Gasteiger partial charge in [0.05, 0.1) is 11.8 Å². The van der Waals surface area contributed by atoms with Crippen molar-refractivity contribution in [3.8, 4) is 5.69 Å². The lowest BCUT2D eigenvalue weighted by Gasteiger charge is -2.15. The van der Waals surface area contributed by atoms with Crippen LogP contribution in [0.4, 0.5) is 5.69 Å². The number of thioether (sulfide) groups is 1. The van der Waals surface area contributed by atoms with E-state index < -0.39 is 0 Å². The molecule has 1 unspecified atom stereocenters. The van der Waals surface area contributed by atoms with E-state index in [9.17, 15) is 9.59 Å². The van der Waals surface area contributed by atoms with Crippen LogP contribution in [0.3, 0.4) is 0 Å². The van der Waals surface area contributed by atoms with Crippen molar-refractivity contribution in [2.24, 2.45) is 5.92 Å². The molecule has 166 valence electrons. The molecule has 0 radical (unpaired) electrons. The number of aryl methyl sites for hydroxylation is 2. The third-order valence-electron chi connectivity index (χ3n) is 5.62. The summed E-state index contributed by atoms with van der Waals surface area (Å²) in [4.78, 5) is 24.4. The molecular weight excluding hydrogens is 422 g/mol. The number of amides is 2. The van der Waals surface area contributed by atoms with Crippen molar-refractivity contribution in [3.05, 3.63) is 65.5 Å². The Kier molecular flexibility index (Phi) is 6.60. The van der Waals surface area contributed by atoms with Crippen LogP contribution in [-0.2, 0) is 9.59 Å². The van der Waals surface area contributed by atoms with Gasteiger partial charge in [0.2, 0.25) is 11.8 Å². The molecule has 2 N–H and O–H groups in total. The lowest BCUT2D eigenvalue weighted by atomic mass is 10.1. The van der Waals surface area contributed by atoms with Crippen molar-refractivity contribution >= 4 is 29.3 Å². The molecule has 1 atom stereocenters. The van der Waals surface area contributed by atoms with E-state index in [1.165, 1.54) is 22.9 Å². The Morgan fingerprint density at radius 1 is 1.12 bits per heavy atom. The van der Waals surface area contributed by atoms with Gasteiger partial charge in [-0.05, 0) is 74.6 Å². The minimum atomic E-state index is -0.145. The maximum atomic E-state index is 12.5. The van der Waals surface area contributed by atoms with Gasteiger partial charge in [-0.1, -0.05) is 30.0 Å². The van der Waals surface area contributed by atoms with Crippen LogP contribution in [0.25, 0.3) is 5.69 Å². The zero-order valence-electron chi connectivity index (χ0n) is 18.5. The van der Waals surface area contributed by atoms with Crippen LogP contribution in [0.15, 0.2) is 53.9 Å². The molecule has 1 aliphatic rings. The van der Waals surface area contributed by atoms with Gasteiger partial charge >= 0.3 is 0 Å². The van der Waals surface area contributed by atoms with Crippen molar-refractivity contribution in [1.29, 1.82) is 0 Å². The number of carbonyl (C=O) groups is 2. The number of hydrogen-bond donors (Lipinski definition) is 2. The van der Waals surface area contributed by atoms with Crippen LogP contribution >= 0.6 is 11.8 Å². The van der Waals surface area contributed by atoms with Gasteiger partial charge < -0.3 is 10.6 Å². The van der Waals surface area contributed by atoms with Gasteiger partial charge in [-0.15, -0.1) is 10.2 Å². The van der Waals surface area contributed by atoms with Crippen molar-refractivity contribution in [2.75, 3.05) is 11.1 Å². The molecule has 0 spiro atoms. The predicted octanol–water partition coefficient (Wildman–Crippen LogP) is 4.20. The summed E-state index contributed by atoms with van der Waals surface area (Å²) in [6, 6.07) is 13.6. The van der Waals surface area contributed by atoms with Crippen LogP contribution in [0, 0.1) is 19.8 Å². The summed E-state index contributed by atoms with van der Waals surface area (Å²) < 4.78 is 1.89. The molecule has 2 amide bonds. The van der Waals surface area contributed by atoms with Gasteiger partial charge in [-0.3, -0.25) is 14.2 Å². The maximum absolute atomic E-state index is 12.5. The smallest absolute Gasteiger partial charge is 0.230 e. The number of nitrogens with one attached hydrogen (secondary N) is 2. The predicted molar refractivity (Wildman–Crippen MR) is 126 cm³/mol. The Balaban J connectivity index is 1.31. The van der Waals surface area contributed by atoms with Crippen molar-refractivity contribution in [2.45, 2.75) is 44.8 Å². The van der Waals surface area contributed by atoms with Crippen LogP contribution in [0.1, 0.15) is 42.5 Å². The Labute approximate surface area is 192 Å². The first kappa shape index (κ1) is 22.1. The normalized spacial score (nSPS) is 14.1. The van der Waals surface area contributed by atoms with E-state index in [-0.39, 0.29) is 29.5 Å². The van der Waals surface area contributed by atoms with Gasteiger partial charge in [-0.2, -0.15) is 0 Å². The first-order valence-corrected chi connectivity index (χ1v) is 11.7. The fourth-order valence-corrected chi connectivity index (χ4v) is 4.06. The molecule has 0 bridgehead atoms. The molecule has 1 saturated carbocycles. The van der Waals surface area contributed by atoms with E-state index >= 15 is 0 Å². The van der Waals surface area contributed by atoms with Gasteiger partial charge in [0.15, 0.2) is 5.16 Å². The van der Waals surface area contributed by atoms with E-state index in [0.29, 0.717) is 5.16 Å². The van der Waals surface area contributed by atoms with Crippen molar-refractivity contribution < 1.29 is 9.59 Å². The van der Waals surface area contributed by atoms with Crippen molar-refractivity contribution in [3.63, 3.8) is 0 Å². The van der Waals surface area contributed by atoms with E-state index in [2.05, 4.69) is 46.8 Å². The number of benzene rings is 2. The van der Waals surface area contributed by atoms with Crippen LogP contribution in [0.2, 0.25) is 0 Å². The highest BCUT2D eigenvalue weighted by Crippen LogP contribution is 2.30. The molecule has 4 rings (SSSR count). The quantitative estimate of drug-likeness (QED) is 0.503. The summed E-state index contributed by atoms with van der Waals surface area (Å²) in [5.41, 5.74) is 5.15. The highest BCUT2D eigenvalue weighted by atomic mass is 32.2. The molecular formula is C24H27N5O2S. The van der Waals surface area contributed by atoms with E-state index in [1.807, 2.05) is 41.8 Å². The number of aromatic nitrogens is 3. The third kappa shape index (κ3) is 5.37. The minimum absolute atomic E-state index is 0.0803. The molecule has 1 heterocycles. The second kappa shape index (κ2) is 9.56. The molecule has 8 heteroatoms. The van der Waals surface area contributed by atoms with Gasteiger partial charge in [-0.25, -0.2) is 0 Å². The highest BCUT2D eigenvalue weighted by Gasteiger charge is 2.29. The maximum Gasteiger partial charge on any atom is 0.230 e. The zero-order chi connectivity index (χ0) is 22.7. The molecule has 1 fully saturated rings. The summed E-state index contributed by atoms with van der Waals surface area (Å²) in [7, 11) is 0. The Morgan fingerprint density at radius 3 is 2.56 bits per heavy atom. The minimum Gasteiger partial charge on any atom is -0.349 e. The van der Waals surface area contributed by atoms with Gasteiger partial charge in [0, 0.05) is 17.3 Å². The first-order valence-electron chi connectivity index (χ1n) is 10.7. The Hall–Kier alpha value is -3.13. The topological polar surface area (TPSA) is 88.9 Å². The number of rotatable bonds is 8. The lowest BCUT2D eigenvalue weighted by molar-refractivity contribution is -0.119. The SMILES string of the molecule is Cc1ccc(-n2cnnc2SCC(=O)NC(C)c2ccc(NC(=O)C3CC3)cc2)cc1C. The van der Waals surface area contributed by atoms with Gasteiger partial charge in [0.25, 0.3) is 0 Å².